The molecule has 0 amide bonds. The van der Waals surface area contributed by atoms with Crippen LogP contribution in [0, 0.1) is 0 Å². The monoisotopic (exact) mass is 291 g/mol. The lowest BCUT2D eigenvalue weighted by atomic mass is 10.2. The molecule has 110 valence electrons. The number of benzene rings is 1. The van der Waals surface area contributed by atoms with Crippen molar-refractivity contribution in [3.63, 3.8) is 0 Å². The molecule has 8 heteroatoms. The Morgan fingerprint density at radius 1 is 1.19 bits per heavy atom. The Balaban J connectivity index is 2.43. The number of aromatic hydroxyl groups is 1. The molecule has 0 spiro atoms. The zero-order valence-electron chi connectivity index (χ0n) is 11.3. The molecule has 3 N–H and O–H groups in total. The second kappa shape index (κ2) is 5.95. The summed E-state index contributed by atoms with van der Waals surface area (Å²) in [7, 11) is 2.99. The van der Waals surface area contributed by atoms with Gasteiger partial charge < -0.3 is 14.6 Å². The highest BCUT2D eigenvalue weighted by Crippen LogP contribution is 2.31. The first kappa shape index (κ1) is 14.4. The minimum absolute atomic E-state index is 0.160. The molecule has 1 aromatic carbocycles. The first-order chi connectivity index (χ1) is 10.0. The number of aromatic nitrogens is 2. The van der Waals surface area contributed by atoms with Crippen LogP contribution in [-0.2, 0) is 0 Å². The molecule has 1 aromatic heterocycles. The Hall–Kier alpha value is -3.03. The van der Waals surface area contributed by atoms with E-state index in [1.54, 1.807) is 18.2 Å². The molecule has 0 aliphatic rings. The van der Waals surface area contributed by atoms with Crippen molar-refractivity contribution in [1.29, 1.82) is 0 Å². The lowest BCUT2D eigenvalue weighted by Gasteiger charge is -2.06. The maximum absolute atomic E-state index is 11.6. The van der Waals surface area contributed by atoms with E-state index >= 15 is 0 Å². The van der Waals surface area contributed by atoms with Crippen LogP contribution in [0.2, 0.25) is 0 Å². The van der Waals surface area contributed by atoms with Gasteiger partial charge in [0.25, 0.3) is 5.56 Å². The van der Waals surface area contributed by atoms with E-state index in [1.807, 2.05) is 4.98 Å². The van der Waals surface area contributed by atoms with Crippen molar-refractivity contribution in [2.45, 2.75) is 0 Å². The molecule has 1 heterocycles. The molecular weight excluding hydrogens is 278 g/mol. The minimum atomic E-state index is -0.795. The van der Waals surface area contributed by atoms with Crippen molar-refractivity contribution < 1.29 is 14.6 Å². The summed E-state index contributed by atoms with van der Waals surface area (Å²) in [6, 6.07) is 4.93. The van der Waals surface area contributed by atoms with Gasteiger partial charge in [-0.3, -0.25) is 19.8 Å². The molecule has 8 nitrogen and oxygen atoms in total. The second-order valence-corrected chi connectivity index (χ2v) is 3.97. The van der Waals surface area contributed by atoms with E-state index in [-0.39, 0.29) is 5.56 Å². The largest absolute Gasteiger partial charge is 0.497 e. The first-order valence-corrected chi connectivity index (χ1v) is 5.87. The number of ether oxygens (including phenoxy) is 2. The van der Waals surface area contributed by atoms with E-state index in [0.717, 1.165) is 6.21 Å². The van der Waals surface area contributed by atoms with Gasteiger partial charge in [0.05, 0.1) is 14.2 Å². The van der Waals surface area contributed by atoms with Gasteiger partial charge in [-0.25, -0.2) is 4.79 Å². The molecule has 0 aliphatic carbocycles. The Bertz CT molecular complexity index is 791. The van der Waals surface area contributed by atoms with Crippen LogP contribution in [0.1, 0.15) is 5.56 Å². The highest BCUT2D eigenvalue weighted by molar-refractivity contribution is 5.84. The highest BCUT2D eigenvalue weighted by atomic mass is 16.5. The van der Waals surface area contributed by atoms with Gasteiger partial charge in [-0.1, -0.05) is 0 Å². The lowest BCUT2D eigenvalue weighted by Crippen LogP contribution is -2.24. The third-order valence-corrected chi connectivity index (χ3v) is 2.68. The summed E-state index contributed by atoms with van der Waals surface area (Å²) >= 11 is 0. The summed E-state index contributed by atoms with van der Waals surface area (Å²) in [5.74, 6) is 0.474. The Labute approximate surface area is 118 Å². The zero-order chi connectivity index (χ0) is 15.4. The van der Waals surface area contributed by atoms with Crippen LogP contribution in [0.25, 0.3) is 0 Å². The Morgan fingerprint density at radius 3 is 2.57 bits per heavy atom. The van der Waals surface area contributed by atoms with Crippen molar-refractivity contribution in [3.05, 3.63) is 44.6 Å². The molecule has 0 unspecified atom stereocenters. The van der Waals surface area contributed by atoms with Gasteiger partial charge >= 0.3 is 5.69 Å². The van der Waals surface area contributed by atoms with E-state index in [9.17, 15) is 14.7 Å². The number of methoxy groups -OCH3 is 2. The third-order valence-electron chi connectivity index (χ3n) is 2.68. The van der Waals surface area contributed by atoms with Crippen molar-refractivity contribution in [2.24, 2.45) is 4.99 Å². The van der Waals surface area contributed by atoms with Crippen LogP contribution >= 0.6 is 0 Å². The normalized spacial score (nSPS) is 10.8. The standard InChI is InChI=1S/C13H13N3O5/c1-20-7-3-4-9(10(5-7)21-2)14-6-8-11(17)15-13(19)16-12(8)18/h3-6H,1-2H3,(H3,15,16,17,18,19). The van der Waals surface area contributed by atoms with Crippen molar-refractivity contribution in [3.8, 4) is 17.4 Å². The summed E-state index contributed by atoms with van der Waals surface area (Å²) in [6.07, 6.45) is 1.13. The molecule has 0 fully saturated rings. The number of aromatic amines is 2. The molecule has 0 bridgehead atoms. The Kier molecular flexibility index (Phi) is 4.07. The molecule has 2 rings (SSSR count). The molecular formula is C13H13N3O5. The van der Waals surface area contributed by atoms with E-state index in [0.29, 0.717) is 17.2 Å². The van der Waals surface area contributed by atoms with Crippen LogP contribution < -0.4 is 20.7 Å². The lowest BCUT2D eigenvalue weighted by molar-refractivity contribution is 0.395. The van der Waals surface area contributed by atoms with Crippen molar-refractivity contribution in [2.75, 3.05) is 14.2 Å². The third kappa shape index (κ3) is 3.11. The molecule has 2 aromatic rings. The van der Waals surface area contributed by atoms with Crippen LogP contribution in [0.15, 0.2) is 32.8 Å². The maximum Gasteiger partial charge on any atom is 0.328 e. The summed E-state index contributed by atoms with van der Waals surface area (Å²) in [5.41, 5.74) is -1.26. The molecule has 0 saturated carbocycles. The summed E-state index contributed by atoms with van der Waals surface area (Å²) in [4.78, 5) is 30.6. The number of aliphatic imine (C=N–C) groups is 1. The minimum Gasteiger partial charge on any atom is -0.497 e. The second-order valence-electron chi connectivity index (χ2n) is 3.97. The maximum atomic E-state index is 11.6. The number of rotatable bonds is 4. The number of hydrogen-bond acceptors (Lipinski definition) is 6. The fourth-order valence-corrected chi connectivity index (χ4v) is 1.63. The van der Waals surface area contributed by atoms with Gasteiger partial charge in [-0.2, -0.15) is 0 Å². The van der Waals surface area contributed by atoms with Crippen LogP contribution in [0.5, 0.6) is 17.4 Å². The van der Waals surface area contributed by atoms with Gasteiger partial charge in [0.15, 0.2) is 0 Å². The van der Waals surface area contributed by atoms with Gasteiger partial charge in [0.2, 0.25) is 5.88 Å². The molecule has 0 aliphatic heterocycles. The number of nitrogens with one attached hydrogen (secondary N) is 2. The zero-order valence-corrected chi connectivity index (χ0v) is 11.3. The van der Waals surface area contributed by atoms with E-state index in [2.05, 4.69) is 9.98 Å². The summed E-state index contributed by atoms with van der Waals surface area (Å²) in [5, 5.41) is 9.54. The van der Waals surface area contributed by atoms with E-state index < -0.39 is 17.1 Å². The van der Waals surface area contributed by atoms with Crippen LogP contribution in [0.4, 0.5) is 5.69 Å². The molecule has 21 heavy (non-hydrogen) atoms. The average Bonchev–Trinajstić information content (AvgIpc) is 2.46. The van der Waals surface area contributed by atoms with Crippen LogP contribution in [0.3, 0.4) is 0 Å². The number of hydrogen-bond donors (Lipinski definition) is 3. The van der Waals surface area contributed by atoms with Gasteiger partial charge in [-0.15, -0.1) is 0 Å². The van der Waals surface area contributed by atoms with Gasteiger partial charge in [0.1, 0.15) is 22.7 Å². The fraction of sp³-hybridized carbons (Fsp3) is 0.154. The Morgan fingerprint density at radius 2 is 1.95 bits per heavy atom. The molecule has 0 saturated heterocycles. The molecule has 0 radical (unpaired) electrons. The first-order valence-electron chi connectivity index (χ1n) is 5.87. The summed E-state index contributed by atoms with van der Waals surface area (Å²) < 4.78 is 10.2. The number of H-pyrrole nitrogens is 2. The fourth-order valence-electron chi connectivity index (χ4n) is 1.63. The van der Waals surface area contributed by atoms with Gasteiger partial charge in [-0.05, 0) is 12.1 Å². The van der Waals surface area contributed by atoms with Crippen molar-refractivity contribution in [1.82, 2.24) is 9.97 Å². The molecule has 0 atom stereocenters. The van der Waals surface area contributed by atoms with E-state index in [4.69, 9.17) is 9.47 Å². The van der Waals surface area contributed by atoms with Crippen LogP contribution in [-0.4, -0.2) is 35.5 Å². The van der Waals surface area contributed by atoms with Gasteiger partial charge in [0, 0.05) is 12.3 Å². The average molecular weight is 291 g/mol. The summed E-state index contributed by atoms with van der Waals surface area (Å²) in [6.45, 7) is 0. The highest BCUT2D eigenvalue weighted by Gasteiger charge is 2.07. The predicted molar refractivity (Wildman–Crippen MR) is 76.1 cm³/mol. The predicted octanol–water partition coefficient (Wildman–Crippen LogP) is 0.537. The topological polar surface area (TPSA) is 117 Å². The number of nitrogens with zero attached hydrogens (tertiary/aromatic N) is 1. The smallest absolute Gasteiger partial charge is 0.328 e. The quantitative estimate of drug-likeness (QED) is 0.711. The van der Waals surface area contributed by atoms with Crippen molar-refractivity contribution >= 4 is 11.9 Å². The SMILES string of the molecule is COc1ccc(N=Cc2c(O)[nH]c(=O)[nH]c2=O)c(OC)c1. The van der Waals surface area contributed by atoms with E-state index in [1.165, 1.54) is 14.2 Å².